The first-order chi connectivity index (χ1) is 12.9. The average Bonchev–Trinajstić information content (AvgIpc) is 2.90. The summed E-state index contributed by atoms with van der Waals surface area (Å²) in [6, 6.07) is 16.2. The molecular formula is C21H17NO5. The lowest BCUT2D eigenvalue weighted by molar-refractivity contribution is -0.222. The molecule has 0 N–H and O–H groups in total. The summed E-state index contributed by atoms with van der Waals surface area (Å²) in [7, 11) is 0. The molecule has 2 aromatic rings. The molecule has 27 heavy (non-hydrogen) atoms. The van der Waals surface area contributed by atoms with Crippen LogP contribution in [0, 0.1) is 0 Å². The van der Waals surface area contributed by atoms with Crippen LogP contribution in [0.5, 0.6) is 0 Å². The molecule has 2 aromatic carbocycles. The number of nitrogens with zero attached hydrogens (tertiary/aromatic N) is 1. The van der Waals surface area contributed by atoms with Gasteiger partial charge in [-0.1, -0.05) is 48.5 Å². The van der Waals surface area contributed by atoms with E-state index < -0.39 is 23.8 Å². The maximum absolute atomic E-state index is 13.0. The second-order valence-corrected chi connectivity index (χ2v) is 6.83. The number of benzene rings is 2. The predicted molar refractivity (Wildman–Crippen MR) is 95.2 cm³/mol. The molecule has 1 amide bonds. The second kappa shape index (κ2) is 6.09. The van der Waals surface area contributed by atoms with Crippen molar-refractivity contribution in [1.82, 2.24) is 4.90 Å². The second-order valence-electron chi connectivity index (χ2n) is 6.83. The quantitative estimate of drug-likeness (QED) is 0.466. The molecule has 0 aromatic heterocycles. The molecular weight excluding hydrogens is 346 g/mol. The first-order valence-electron chi connectivity index (χ1n) is 8.52. The maximum atomic E-state index is 13.0. The zero-order valence-electron chi connectivity index (χ0n) is 14.8. The van der Waals surface area contributed by atoms with E-state index in [1.807, 2.05) is 42.5 Å². The first kappa shape index (κ1) is 17.0. The van der Waals surface area contributed by atoms with Gasteiger partial charge in [0, 0.05) is 25.6 Å². The van der Waals surface area contributed by atoms with Crippen molar-refractivity contribution in [3.63, 3.8) is 0 Å². The van der Waals surface area contributed by atoms with Crippen molar-refractivity contribution in [2.24, 2.45) is 0 Å². The Bertz CT molecular complexity index is 955. The third-order valence-corrected chi connectivity index (χ3v) is 4.50. The van der Waals surface area contributed by atoms with Crippen LogP contribution in [0.25, 0.3) is 0 Å². The molecule has 0 bridgehead atoms. The SMILES string of the molecule is CC1(C)OC(=O)C(=CN2C(=O)c3ccccc3C2c2ccccc2)C(=O)O1. The van der Waals surface area contributed by atoms with Crippen LogP contribution in [0.4, 0.5) is 0 Å². The van der Waals surface area contributed by atoms with Gasteiger partial charge >= 0.3 is 11.9 Å². The Morgan fingerprint density at radius 1 is 0.889 bits per heavy atom. The lowest BCUT2D eigenvalue weighted by Crippen LogP contribution is -2.42. The van der Waals surface area contributed by atoms with Crippen molar-refractivity contribution in [1.29, 1.82) is 0 Å². The van der Waals surface area contributed by atoms with Crippen LogP contribution in [-0.2, 0) is 19.1 Å². The highest BCUT2D eigenvalue weighted by atomic mass is 16.7. The van der Waals surface area contributed by atoms with E-state index in [0.29, 0.717) is 5.56 Å². The summed E-state index contributed by atoms with van der Waals surface area (Å²) in [5, 5.41) is 0. The van der Waals surface area contributed by atoms with Gasteiger partial charge in [-0.05, 0) is 17.2 Å². The molecule has 1 saturated heterocycles. The van der Waals surface area contributed by atoms with Gasteiger partial charge in [0.1, 0.15) is 0 Å². The van der Waals surface area contributed by atoms with Gasteiger partial charge in [0.15, 0.2) is 5.57 Å². The van der Waals surface area contributed by atoms with Gasteiger partial charge in [-0.25, -0.2) is 9.59 Å². The van der Waals surface area contributed by atoms with E-state index in [9.17, 15) is 14.4 Å². The van der Waals surface area contributed by atoms with E-state index in [1.54, 1.807) is 12.1 Å². The molecule has 6 heteroatoms. The number of amides is 1. The summed E-state index contributed by atoms with van der Waals surface area (Å²) in [4.78, 5) is 39.0. The summed E-state index contributed by atoms with van der Waals surface area (Å²) < 4.78 is 10.3. The van der Waals surface area contributed by atoms with Gasteiger partial charge in [0.05, 0.1) is 6.04 Å². The Labute approximate surface area is 156 Å². The van der Waals surface area contributed by atoms with Crippen LogP contribution in [0.1, 0.15) is 41.4 Å². The van der Waals surface area contributed by atoms with E-state index in [2.05, 4.69) is 0 Å². The monoisotopic (exact) mass is 363 g/mol. The normalized spacial score (nSPS) is 20.8. The Kier molecular flexibility index (Phi) is 3.84. The molecule has 0 aliphatic carbocycles. The van der Waals surface area contributed by atoms with Crippen molar-refractivity contribution in [2.45, 2.75) is 25.7 Å². The van der Waals surface area contributed by atoms with E-state index in [4.69, 9.17) is 9.47 Å². The van der Waals surface area contributed by atoms with Gasteiger partial charge in [-0.2, -0.15) is 0 Å². The van der Waals surface area contributed by atoms with Gasteiger partial charge in [0.2, 0.25) is 0 Å². The topological polar surface area (TPSA) is 72.9 Å². The van der Waals surface area contributed by atoms with E-state index in [1.165, 1.54) is 24.9 Å². The molecule has 0 radical (unpaired) electrons. The lowest BCUT2D eigenvalue weighted by atomic mass is 9.98. The molecule has 2 aliphatic rings. The van der Waals surface area contributed by atoms with Crippen LogP contribution in [0.2, 0.25) is 0 Å². The molecule has 1 unspecified atom stereocenters. The minimum absolute atomic E-state index is 0.294. The molecule has 136 valence electrons. The van der Waals surface area contributed by atoms with E-state index in [-0.39, 0.29) is 11.5 Å². The Morgan fingerprint density at radius 2 is 1.48 bits per heavy atom. The minimum Gasteiger partial charge on any atom is -0.419 e. The molecule has 0 spiro atoms. The number of rotatable bonds is 2. The molecule has 2 aliphatic heterocycles. The zero-order chi connectivity index (χ0) is 19.2. The van der Waals surface area contributed by atoms with Gasteiger partial charge < -0.3 is 14.4 Å². The fourth-order valence-corrected chi connectivity index (χ4v) is 3.35. The number of carbonyl (C=O) groups excluding carboxylic acids is 3. The first-order valence-corrected chi connectivity index (χ1v) is 8.52. The largest absolute Gasteiger partial charge is 0.419 e. The average molecular weight is 363 g/mol. The molecule has 1 fully saturated rings. The van der Waals surface area contributed by atoms with E-state index >= 15 is 0 Å². The van der Waals surface area contributed by atoms with Crippen LogP contribution < -0.4 is 0 Å². The van der Waals surface area contributed by atoms with Crippen molar-refractivity contribution in [3.05, 3.63) is 83.1 Å². The number of ether oxygens (including phenoxy) is 2. The van der Waals surface area contributed by atoms with Crippen molar-refractivity contribution < 1.29 is 23.9 Å². The summed E-state index contributed by atoms with van der Waals surface area (Å²) in [5.74, 6) is -3.25. The minimum atomic E-state index is -1.33. The van der Waals surface area contributed by atoms with Crippen molar-refractivity contribution >= 4 is 17.8 Å². The number of esters is 2. The maximum Gasteiger partial charge on any atom is 0.350 e. The summed E-state index contributed by atoms with van der Waals surface area (Å²) in [5.41, 5.74) is 1.89. The predicted octanol–water partition coefficient (Wildman–Crippen LogP) is 2.95. The van der Waals surface area contributed by atoms with Gasteiger partial charge in [-0.3, -0.25) is 4.79 Å². The van der Waals surface area contributed by atoms with Gasteiger partial charge in [-0.15, -0.1) is 0 Å². The smallest absolute Gasteiger partial charge is 0.350 e. The summed E-state index contributed by atoms with van der Waals surface area (Å²) >= 11 is 0. The number of carbonyl (C=O) groups is 3. The highest BCUT2D eigenvalue weighted by Gasteiger charge is 2.42. The number of hydrogen-bond donors (Lipinski definition) is 0. The lowest BCUT2D eigenvalue weighted by Gasteiger charge is -2.31. The van der Waals surface area contributed by atoms with Crippen molar-refractivity contribution in [3.8, 4) is 0 Å². The number of cyclic esters (lactones) is 2. The number of hydrogen-bond acceptors (Lipinski definition) is 5. The Balaban J connectivity index is 1.81. The Hall–Kier alpha value is -3.41. The van der Waals surface area contributed by atoms with Crippen LogP contribution in [-0.4, -0.2) is 28.5 Å². The third kappa shape index (κ3) is 2.89. The third-order valence-electron chi connectivity index (χ3n) is 4.50. The van der Waals surface area contributed by atoms with Crippen LogP contribution >= 0.6 is 0 Å². The molecule has 2 heterocycles. The molecule has 4 rings (SSSR count). The van der Waals surface area contributed by atoms with Gasteiger partial charge in [0.25, 0.3) is 11.7 Å². The molecule has 1 atom stereocenters. The summed E-state index contributed by atoms with van der Waals surface area (Å²) in [6.45, 7) is 2.95. The fraction of sp³-hybridized carbons (Fsp3) is 0.190. The highest BCUT2D eigenvalue weighted by Crippen LogP contribution is 2.39. The Morgan fingerprint density at radius 3 is 2.15 bits per heavy atom. The molecule has 0 saturated carbocycles. The van der Waals surface area contributed by atoms with Crippen LogP contribution in [0.3, 0.4) is 0 Å². The number of fused-ring (bicyclic) bond motifs is 1. The van der Waals surface area contributed by atoms with Crippen LogP contribution in [0.15, 0.2) is 66.4 Å². The fourth-order valence-electron chi connectivity index (χ4n) is 3.35. The highest BCUT2D eigenvalue weighted by molar-refractivity contribution is 6.16. The van der Waals surface area contributed by atoms with E-state index in [0.717, 1.165) is 11.1 Å². The molecule has 6 nitrogen and oxygen atoms in total. The zero-order valence-corrected chi connectivity index (χ0v) is 14.8. The standard InChI is InChI=1S/C21H17NO5/c1-21(2)26-19(24)16(20(25)27-21)12-22-17(13-8-4-3-5-9-13)14-10-6-7-11-15(14)18(22)23/h3-12,17H,1-2H3. The summed E-state index contributed by atoms with van der Waals surface area (Å²) in [6.07, 6.45) is 1.24. The van der Waals surface area contributed by atoms with Crippen molar-refractivity contribution in [2.75, 3.05) is 0 Å².